The summed E-state index contributed by atoms with van der Waals surface area (Å²) in [6, 6.07) is 22.9. The molecule has 0 bridgehead atoms. The lowest BCUT2D eigenvalue weighted by Crippen LogP contribution is -2.43. The van der Waals surface area contributed by atoms with E-state index in [2.05, 4.69) is 5.32 Å². The molecule has 0 spiro atoms. The summed E-state index contributed by atoms with van der Waals surface area (Å²) in [7, 11) is 0. The number of aryl methyl sites for hydroxylation is 1. The van der Waals surface area contributed by atoms with Gasteiger partial charge in [-0.25, -0.2) is 0 Å². The molecule has 1 unspecified atom stereocenters. The summed E-state index contributed by atoms with van der Waals surface area (Å²) in [5.74, 6) is 1.74. The summed E-state index contributed by atoms with van der Waals surface area (Å²) < 4.78 is 5.31. The van der Waals surface area contributed by atoms with Gasteiger partial charge >= 0.3 is 0 Å². The van der Waals surface area contributed by atoms with Crippen LogP contribution in [-0.2, 0) is 28.2 Å². The van der Waals surface area contributed by atoms with Gasteiger partial charge in [0.15, 0.2) is 5.78 Å². The lowest BCUT2D eigenvalue weighted by molar-refractivity contribution is -0.126. The number of amides is 1. The number of carbonyl (C=O) groups excluding carboxylic acids is 2. The van der Waals surface area contributed by atoms with Crippen molar-refractivity contribution >= 4 is 23.5 Å². The van der Waals surface area contributed by atoms with E-state index in [1.165, 1.54) is 11.8 Å². The Bertz CT molecular complexity index is 879. The minimum atomic E-state index is -0.523. The van der Waals surface area contributed by atoms with Crippen LogP contribution in [0.15, 0.2) is 83.5 Å². The highest BCUT2D eigenvalue weighted by Crippen LogP contribution is 2.14. The molecule has 1 N–H and O–H groups in total. The molecular weight excluding hydrogens is 382 g/mol. The minimum absolute atomic E-state index is 0.0264. The van der Waals surface area contributed by atoms with Crippen LogP contribution in [-0.4, -0.2) is 23.5 Å². The number of nitrogens with one attached hydrogen (secondary N) is 1. The number of carbonyl (C=O) groups is 2. The first-order chi connectivity index (χ1) is 14.2. The Hall–Kier alpha value is -2.79. The fraction of sp³-hybridized carbons (Fsp3) is 0.250. The number of benzene rings is 2. The molecule has 0 aliphatic carbocycles. The third kappa shape index (κ3) is 7.27. The molecule has 4 nitrogen and oxygen atoms in total. The fourth-order valence-electron chi connectivity index (χ4n) is 3.01. The van der Waals surface area contributed by atoms with Crippen LogP contribution < -0.4 is 5.32 Å². The normalized spacial score (nSPS) is 11.7. The first-order valence-electron chi connectivity index (χ1n) is 9.71. The Morgan fingerprint density at radius 2 is 1.59 bits per heavy atom. The Morgan fingerprint density at radius 1 is 0.897 bits per heavy atom. The summed E-state index contributed by atoms with van der Waals surface area (Å²) in [5.41, 5.74) is 2.15. The van der Waals surface area contributed by atoms with Crippen molar-refractivity contribution in [3.63, 3.8) is 0 Å². The Labute approximate surface area is 175 Å². The molecule has 2 aromatic carbocycles. The maximum absolute atomic E-state index is 12.8. The highest BCUT2D eigenvalue weighted by Gasteiger charge is 2.21. The molecule has 0 saturated carbocycles. The Kier molecular flexibility index (Phi) is 8.13. The standard InChI is InChI=1S/C24H25NO3S/c26-23(18-29-17-21-12-7-15-28-21)22(16-20-10-5-2-6-11-20)25-24(27)14-13-19-8-3-1-4-9-19/h1-12,15,22H,13-14,16-18H2,(H,25,27). The predicted molar refractivity (Wildman–Crippen MR) is 117 cm³/mol. The smallest absolute Gasteiger partial charge is 0.220 e. The first-order valence-corrected chi connectivity index (χ1v) is 10.9. The second kappa shape index (κ2) is 11.3. The average Bonchev–Trinajstić information content (AvgIpc) is 3.27. The van der Waals surface area contributed by atoms with Gasteiger partial charge in [-0.2, -0.15) is 0 Å². The molecule has 150 valence electrons. The molecule has 0 aliphatic heterocycles. The molecule has 5 heteroatoms. The molecule has 1 aromatic heterocycles. The van der Waals surface area contributed by atoms with E-state index >= 15 is 0 Å². The van der Waals surface area contributed by atoms with Crippen LogP contribution in [0.1, 0.15) is 23.3 Å². The SMILES string of the molecule is O=C(CCc1ccccc1)NC(Cc1ccccc1)C(=O)CSCc1ccco1. The number of thioether (sulfide) groups is 1. The maximum Gasteiger partial charge on any atom is 0.220 e. The Balaban J connectivity index is 1.55. The largest absolute Gasteiger partial charge is 0.468 e. The van der Waals surface area contributed by atoms with E-state index in [0.717, 1.165) is 16.9 Å². The van der Waals surface area contributed by atoms with Gasteiger partial charge in [0.1, 0.15) is 5.76 Å². The second-order valence-corrected chi connectivity index (χ2v) is 7.82. The number of furan rings is 1. The van der Waals surface area contributed by atoms with Gasteiger partial charge in [-0.1, -0.05) is 60.7 Å². The van der Waals surface area contributed by atoms with Gasteiger partial charge in [0.2, 0.25) is 5.91 Å². The van der Waals surface area contributed by atoms with Crippen molar-refractivity contribution in [2.75, 3.05) is 5.75 Å². The van der Waals surface area contributed by atoms with Gasteiger partial charge in [0, 0.05) is 6.42 Å². The number of rotatable bonds is 11. The van der Waals surface area contributed by atoms with Crippen LogP contribution in [0.2, 0.25) is 0 Å². The highest BCUT2D eigenvalue weighted by atomic mass is 32.2. The molecule has 29 heavy (non-hydrogen) atoms. The molecule has 1 heterocycles. The van der Waals surface area contributed by atoms with Crippen molar-refractivity contribution < 1.29 is 14.0 Å². The van der Waals surface area contributed by atoms with E-state index in [0.29, 0.717) is 30.8 Å². The summed E-state index contributed by atoms with van der Waals surface area (Å²) in [6.07, 6.45) is 3.15. The Morgan fingerprint density at radius 3 is 2.24 bits per heavy atom. The maximum atomic E-state index is 12.8. The molecule has 1 amide bonds. The summed E-state index contributed by atoms with van der Waals surface area (Å²) >= 11 is 1.50. The minimum Gasteiger partial charge on any atom is -0.468 e. The third-order valence-electron chi connectivity index (χ3n) is 4.56. The van der Waals surface area contributed by atoms with E-state index in [1.54, 1.807) is 6.26 Å². The van der Waals surface area contributed by atoms with Gasteiger partial charge in [-0.3, -0.25) is 9.59 Å². The second-order valence-electron chi connectivity index (χ2n) is 6.83. The first kappa shape index (κ1) is 20.9. The molecule has 0 saturated heterocycles. The zero-order valence-corrected chi connectivity index (χ0v) is 17.1. The van der Waals surface area contributed by atoms with Crippen molar-refractivity contribution in [2.24, 2.45) is 0 Å². The van der Waals surface area contributed by atoms with E-state index in [4.69, 9.17) is 4.42 Å². The van der Waals surface area contributed by atoms with Crippen molar-refractivity contribution in [1.82, 2.24) is 5.32 Å². The van der Waals surface area contributed by atoms with Crippen LogP contribution in [0.5, 0.6) is 0 Å². The van der Waals surface area contributed by atoms with Crippen LogP contribution in [0.3, 0.4) is 0 Å². The predicted octanol–water partition coefficient (Wildman–Crippen LogP) is 4.44. The van der Waals surface area contributed by atoms with Gasteiger partial charge in [0.25, 0.3) is 0 Å². The molecule has 3 rings (SSSR count). The summed E-state index contributed by atoms with van der Waals surface area (Å²) in [6.45, 7) is 0. The van der Waals surface area contributed by atoms with Crippen LogP contribution in [0.25, 0.3) is 0 Å². The van der Waals surface area contributed by atoms with E-state index in [9.17, 15) is 9.59 Å². The van der Waals surface area contributed by atoms with Gasteiger partial charge < -0.3 is 9.73 Å². The lowest BCUT2D eigenvalue weighted by atomic mass is 10.0. The fourth-order valence-corrected chi connectivity index (χ4v) is 3.88. The lowest BCUT2D eigenvalue weighted by Gasteiger charge is -2.18. The van der Waals surface area contributed by atoms with E-state index in [-0.39, 0.29) is 11.7 Å². The monoisotopic (exact) mass is 407 g/mol. The van der Waals surface area contributed by atoms with Gasteiger partial charge in [0.05, 0.1) is 23.8 Å². The summed E-state index contributed by atoms with van der Waals surface area (Å²) in [4.78, 5) is 25.3. The van der Waals surface area contributed by atoms with Crippen molar-refractivity contribution in [3.8, 4) is 0 Å². The zero-order chi connectivity index (χ0) is 20.3. The van der Waals surface area contributed by atoms with E-state index in [1.807, 2.05) is 72.8 Å². The molecule has 0 fully saturated rings. The number of ketones is 1. The van der Waals surface area contributed by atoms with Gasteiger partial charge in [-0.05, 0) is 36.1 Å². The summed E-state index contributed by atoms with van der Waals surface area (Å²) in [5, 5.41) is 2.95. The van der Waals surface area contributed by atoms with E-state index < -0.39 is 6.04 Å². The molecule has 1 atom stereocenters. The molecule has 0 radical (unpaired) electrons. The van der Waals surface area contributed by atoms with Gasteiger partial charge in [-0.15, -0.1) is 11.8 Å². The number of Topliss-reactive ketones (excluding diaryl/α,β-unsaturated/α-hetero) is 1. The van der Waals surface area contributed by atoms with Crippen LogP contribution in [0.4, 0.5) is 0 Å². The number of hydrogen-bond donors (Lipinski definition) is 1. The highest BCUT2D eigenvalue weighted by molar-refractivity contribution is 7.99. The topological polar surface area (TPSA) is 59.3 Å². The van der Waals surface area contributed by atoms with Crippen molar-refractivity contribution in [1.29, 1.82) is 0 Å². The molecular formula is C24H25NO3S. The number of hydrogen-bond acceptors (Lipinski definition) is 4. The molecule has 0 aliphatic rings. The van der Waals surface area contributed by atoms with Crippen molar-refractivity contribution in [3.05, 3.63) is 95.9 Å². The molecule has 3 aromatic rings. The van der Waals surface area contributed by atoms with Crippen LogP contribution in [0, 0.1) is 0 Å². The third-order valence-corrected chi connectivity index (χ3v) is 5.54. The van der Waals surface area contributed by atoms with Crippen molar-refractivity contribution in [2.45, 2.75) is 31.1 Å². The zero-order valence-electron chi connectivity index (χ0n) is 16.3. The average molecular weight is 408 g/mol. The van der Waals surface area contributed by atoms with Crippen LogP contribution >= 0.6 is 11.8 Å². The quantitative estimate of drug-likeness (QED) is 0.510.